The van der Waals surface area contributed by atoms with Crippen molar-refractivity contribution in [2.24, 2.45) is 0 Å². The molecule has 120 valence electrons. The van der Waals surface area contributed by atoms with Crippen molar-refractivity contribution in [3.63, 3.8) is 0 Å². The molecule has 0 unspecified atom stereocenters. The number of hydrazine groups is 1. The summed E-state index contributed by atoms with van der Waals surface area (Å²) < 4.78 is 28.4. The SMILES string of the molecule is C=C(NNC(=O)c1ccc(N)cc1)c1ccc(OC(F)F)cc1. The Morgan fingerprint density at radius 1 is 1.00 bits per heavy atom. The monoisotopic (exact) mass is 319 g/mol. The highest BCUT2D eigenvalue weighted by Gasteiger charge is 2.07. The summed E-state index contributed by atoms with van der Waals surface area (Å²) in [6.07, 6.45) is 0. The first-order valence-electron chi connectivity index (χ1n) is 6.62. The zero-order valence-corrected chi connectivity index (χ0v) is 12.1. The number of halogens is 2. The van der Waals surface area contributed by atoms with Gasteiger partial charge in [-0.15, -0.1) is 0 Å². The van der Waals surface area contributed by atoms with Crippen molar-refractivity contribution in [1.29, 1.82) is 0 Å². The molecule has 0 atom stereocenters. The number of rotatable bonds is 6. The lowest BCUT2D eigenvalue weighted by atomic mass is 10.2. The molecule has 0 aromatic heterocycles. The van der Waals surface area contributed by atoms with E-state index in [2.05, 4.69) is 22.2 Å². The van der Waals surface area contributed by atoms with Crippen LogP contribution in [0.1, 0.15) is 15.9 Å². The van der Waals surface area contributed by atoms with E-state index in [-0.39, 0.29) is 11.7 Å². The molecule has 2 rings (SSSR count). The smallest absolute Gasteiger partial charge is 0.387 e. The molecule has 0 heterocycles. The van der Waals surface area contributed by atoms with Crippen molar-refractivity contribution in [3.8, 4) is 5.75 Å². The van der Waals surface area contributed by atoms with Crippen molar-refractivity contribution >= 4 is 17.3 Å². The van der Waals surface area contributed by atoms with Crippen molar-refractivity contribution in [2.75, 3.05) is 5.73 Å². The molecule has 0 bridgehead atoms. The van der Waals surface area contributed by atoms with Gasteiger partial charge >= 0.3 is 6.61 Å². The minimum atomic E-state index is -2.87. The van der Waals surface area contributed by atoms with Gasteiger partial charge < -0.3 is 10.5 Å². The van der Waals surface area contributed by atoms with Gasteiger partial charge in [-0.2, -0.15) is 8.78 Å². The van der Waals surface area contributed by atoms with E-state index in [1.54, 1.807) is 36.4 Å². The van der Waals surface area contributed by atoms with Crippen LogP contribution in [0.4, 0.5) is 14.5 Å². The van der Waals surface area contributed by atoms with Gasteiger partial charge in [0.1, 0.15) is 5.75 Å². The lowest BCUT2D eigenvalue weighted by Gasteiger charge is -2.12. The molecule has 0 radical (unpaired) electrons. The molecule has 2 aromatic rings. The second-order valence-corrected chi connectivity index (χ2v) is 4.58. The number of amides is 1. The van der Waals surface area contributed by atoms with Crippen LogP contribution in [0.15, 0.2) is 55.1 Å². The van der Waals surface area contributed by atoms with E-state index in [1.165, 1.54) is 12.1 Å². The first-order chi connectivity index (χ1) is 11.0. The molecular weight excluding hydrogens is 304 g/mol. The third-order valence-corrected chi connectivity index (χ3v) is 2.93. The van der Waals surface area contributed by atoms with Crippen LogP contribution in [0.25, 0.3) is 5.70 Å². The van der Waals surface area contributed by atoms with E-state index >= 15 is 0 Å². The Morgan fingerprint density at radius 3 is 2.13 bits per heavy atom. The van der Waals surface area contributed by atoms with Crippen LogP contribution in [-0.4, -0.2) is 12.5 Å². The molecule has 2 aromatic carbocycles. The van der Waals surface area contributed by atoms with E-state index in [0.717, 1.165) is 0 Å². The summed E-state index contributed by atoms with van der Waals surface area (Å²) >= 11 is 0. The highest BCUT2D eigenvalue weighted by atomic mass is 19.3. The summed E-state index contributed by atoms with van der Waals surface area (Å²) in [7, 11) is 0. The molecule has 23 heavy (non-hydrogen) atoms. The van der Waals surface area contributed by atoms with Crippen LogP contribution in [0.2, 0.25) is 0 Å². The Hall–Kier alpha value is -3.09. The van der Waals surface area contributed by atoms with Gasteiger partial charge in [-0.1, -0.05) is 6.58 Å². The quantitative estimate of drug-likeness (QED) is 0.565. The topological polar surface area (TPSA) is 76.4 Å². The predicted octanol–water partition coefficient (Wildman–Crippen LogP) is 2.78. The second kappa shape index (κ2) is 7.26. The van der Waals surface area contributed by atoms with Crippen LogP contribution in [0.3, 0.4) is 0 Å². The van der Waals surface area contributed by atoms with E-state index in [1.807, 2.05) is 0 Å². The third-order valence-electron chi connectivity index (χ3n) is 2.93. The number of alkyl halides is 2. The molecule has 0 aliphatic heterocycles. The van der Waals surface area contributed by atoms with Gasteiger partial charge in [0, 0.05) is 11.3 Å². The Balaban J connectivity index is 1.91. The average molecular weight is 319 g/mol. The van der Waals surface area contributed by atoms with Crippen molar-refractivity contribution < 1.29 is 18.3 Å². The zero-order valence-electron chi connectivity index (χ0n) is 12.1. The van der Waals surface area contributed by atoms with E-state index in [9.17, 15) is 13.6 Å². The molecule has 4 N–H and O–H groups in total. The van der Waals surface area contributed by atoms with Gasteiger partial charge in [0.2, 0.25) is 0 Å². The standard InChI is InChI=1S/C16H15F2N3O2/c1-10(11-4-8-14(9-5-11)23-16(17)18)20-21-15(22)12-2-6-13(19)7-3-12/h2-9,16,20H,1,19H2,(H,21,22). The third kappa shape index (κ3) is 4.70. The molecule has 1 amide bonds. The molecule has 7 heteroatoms. The summed E-state index contributed by atoms with van der Waals surface area (Å²) in [5, 5.41) is 0. The zero-order chi connectivity index (χ0) is 16.8. The van der Waals surface area contributed by atoms with Crippen molar-refractivity contribution in [1.82, 2.24) is 10.9 Å². The molecule has 5 nitrogen and oxygen atoms in total. The lowest BCUT2D eigenvalue weighted by Crippen LogP contribution is -2.35. The van der Waals surface area contributed by atoms with Gasteiger partial charge in [-0.3, -0.25) is 15.6 Å². The number of carbonyl (C=O) groups excluding carboxylic acids is 1. The number of nitrogen functional groups attached to an aromatic ring is 1. The van der Waals surface area contributed by atoms with Crippen LogP contribution < -0.4 is 21.3 Å². The van der Waals surface area contributed by atoms with Crippen LogP contribution in [0.5, 0.6) is 5.75 Å². The number of hydrogen-bond acceptors (Lipinski definition) is 4. The Morgan fingerprint density at radius 2 is 1.57 bits per heavy atom. The molecule has 0 saturated heterocycles. The van der Waals surface area contributed by atoms with Gasteiger partial charge in [-0.05, 0) is 54.1 Å². The van der Waals surface area contributed by atoms with Crippen LogP contribution >= 0.6 is 0 Å². The van der Waals surface area contributed by atoms with Gasteiger partial charge in [0.15, 0.2) is 0 Å². The summed E-state index contributed by atoms with van der Waals surface area (Å²) in [6, 6.07) is 12.3. The normalized spacial score (nSPS) is 10.2. The lowest BCUT2D eigenvalue weighted by molar-refractivity contribution is -0.0498. The minimum absolute atomic E-state index is 0.0439. The number of hydrogen-bond donors (Lipinski definition) is 3. The fraction of sp³-hybridized carbons (Fsp3) is 0.0625. The molecule has 0 spiro atoms. The fourth-order valence-electron chi connectivity index (χ4n) is 1.75. The molecule has 0 saturated carbocycles. The maximum absolute atomic E-state index is 12.1. The van der Waals surface area contributed by atoms with Gasteiger partial charge in [-0.25, -0.2) is 0 Å². The molecule has 0 fully saturated rings. The Labute approximate surface area is 131 Å². The predicted molar refractivity (Wildman–Crippen MR) is 83.6 cm³/mol. The molecule has 0 aliphatic rings. The van der Waals surface area contributed by atoms with Crippen LogP contribution in [-0.2, 0) is 0 Å². The number of carbonyl (C=O) groups is 1. The number of benzene rings is 2. The summed E-state index contributed by atoms with van der Waals surface area (Å²) in [5.74, 6) is -0.314. The van der Waals surface area contributed by atoms with E-state index in [0.29, 0.717) is 22.5 Å². The number of nitrogens with one attached hydrogen (secondary N) is 2. The fourth-order valence-corrected chi connectivity index (χ4v) is 1.75. The van der Waals surface area contributed by atoms with Gasteiger partial charge in [0.25, 0.3) is 5.91 Å². The van der Waals surface area contributed by atoms with Crippen molar-refractivity contribution in [3.05, 3.63) is 66.2 Å². The largest absolute Gasteiger partial charge is 0.435 e. The maximum Gasteiger partial charge on any atom is 0.387 e. The van der Waals surface area contributed by atoms with Crippen LogP contribution in [0, 0.1) is 0 Å². The summed E-state index contributed by atoms with van der Waals surface area (Å²) in [4.78, 5) is 11.9. The highest BCUT2D eigenvalue weighted by molar-refractivity contribution is 5.94. The van der Waals surface area contributed by atoms with E-state index < -0.39 is 6.61 Å². The average Bonchev–Trinajstić information content (AvgIpc) is 2.53. The minimum Gasteiger partial charge on any atom is -0.435 e. The Bertz CT molecular complexity index is 685. The van der Waals surface area contributed by atoms with Crippen molar-refractivity contribution in [2.45, 2.75) is 6.61 Å². The second-order valence-electron chi connectivity index (χ2n) is 4.58. The summed E-state index contributed by atoms with van der Waals surface area (Å²) in [5.41, 5.74) is 12.7. The molecule has 0 aliphatic carbocycles. The number of nitrogens with two attached hydrogens (primary N) is 1. The maximum atomic E-state index is 12.1. The van der Waals surface area contributed by atoms with E-state index in [4.69, 9.17) is 5.73 Å². The Kier molecular flexibility index (Phi) is 5.14. The number of ether oxygens (including phenoxy) is 1. The molecular formula is C16H15F2N3O2. The first kappa shape index (κ1) is 16.3. The van der Waals surface area contributed by atoms with Gasteiger partial charge in [0.05, 0.1) is 5.70 Å². The summed E-state index contributed by atoms with van der Waals surface area (Å²) in [6.45, 7) is 0.887. The first-order valence-corrected chi connectivity index (χ1v) is 6.62. The highest BCUT2D eigenvalue weighted by Crippen LogP contribution is 2.17. The number of anilines is 1.